The van der Waals surface area contributed by atoms with Crippen LogP contribution in [0.1, 0.15) is 41.0 Å². The standard InChI is InChI=1S/C25H32O9/c1-6-10(2)20(29)34-17-16-12(4)18(27)25(31)22-23(5)13(11(3)7-14(26)19(23)28)8-15(33-21(17)30)24(16,22)9-32-25/h6-7,12-13,15-19,22,27-28,31H,8-9H2,1-5H3/b10-6+. The Hall–Kier alpha value is -2.07. The van der Waals surface area contributed by atoms with Crippen LogP contribution in [0.25, 0.3) is 0 Å². The lowest BCUT2D eigenvalue weighted by Crippen LogP contribution is -2.78. The average Bonchev–Trinajstić information content (AvgIpc) is 3.08. The van der Waals surface area contributed by atoms with E-state index in [1.807, 2.05) is 0 Å². The third-order valence-corrected chi connectivity index (χ3v) is 9.62. The largest absolute Gasteiger partial charge is 0.459 e. The van der Waals surface area contributed by atoms with Gasteiger partial charge in [0.15, 0.2) is 11.6 Å². The van der Waals surface area contributed by atoms with Crippen LogP contribution in [0, 0.1) is 34.5 Å². The van der Waals surface area contributed by atoms with E-state index in [0.717, 1.165) is 0 Å². The van der Waals surface area contributed by atoms with E-state index >= 15 is 0 Å². The molecule has 9 heteroatoms. The molecule has 11 atom stereocenters. The molecule has 2 aliphatic heterocycles. The Labute approximate surface area is 197 Å². The first-order valence-electron chi connectivity index (χ1n) is 11.8. The second-order valence-corrected chi connectivity index (χ2v) is 11.0. The molecule has 2 heterocycles. The fraction of sp³-hybridized carbons (Fsp3) is 0.720. The van der Waals surface area contributed by atoms with E-state index in [1.165, 1.54) is 6.08 Å². The highest BCUT2D eigenvalue weighted by molar-refractivity contribution is 5.96. The first kappa shape index (κ1) is 23.7. The summed E-state index contributed by atoms with van der Waals surface area (Å²) < 4.78 is 17.5. The zero-order chi connectivity index (χ0) is 25.0. The summed E-state index contributed by atoms with van der Waals surface area (Å²) in [6.45, 7) is 8.39. The number of aliphatic hydroxyl groups excluding tert-OH is 2. The summed E-state index contributed by atoms with van der Waals surface area (Å²) >= 11 is 0. The molecule has 11 unspecified atom stereocenters. The van der Waals surface area contributed by atoms with Gasteiger partial charge in [-0.15, -0.1) is 0 Å². The lowest BCUT2D eigenvalue weighted by molar-refractivity contribution is -0.339. The number of aliphatic hydroxyl groups is 3. The Bertz CT molecular complexity index is 1030. The minimum absolute atomic E-state index is 0.0686. The number of rotatable bonds is 2. The van der Waals surface area contributed by atoms with Crippen LogP contribution in [0.2, 0.25) is 0 Å². The molecule has 0 radical (unpaired) electrons. The second-order valence-electron chi connectivity index (χ2n) is 11.0. The van der Waals surface area contributed by atoms with Gasteiger partial charge in [0.1, 0.15) is 18.3 Å². The van der Waals surface area contributed by atoms with E-state index in [1.54, 1.807) is 40.7 Å². The fourth-order valence-corrected chi connectivity index (χ4v) is 8.06. The number of hydrogen-bond donors (Lipinski definition) is 3. The predicted molar refractivity (Wildman–Crippen MR) is 116 cm³/mol. The van der Waals surface area contributed by atoms with Crippen molar-refractivity contribution in [2.75, 3.05) is 6.61 Å². The van der Waals surface area contributed by atoms with Crippen molar-refractivity contribution in [3.05, 3.63) is 23.3 Å². The Balaban J connectivity index is 1.71. The highest BCUT2D eigenvalue weighted by Crippen LogP contribution is 2.73. The van der Waals surface area contributed by atoms with E-state index in [4.69, 9.17) is 14.2 Å². The van der Waals surface area contributed by atoms with Crippen molar-refractivity contribution in [3.8, 4) is 0 Å². The molecule has 5 rings (SSSR count). The number of ketones is 1. The molecule has 5 aliphatic rings. The number of fused-ring (bicyclic) bond motifs is 1. The molecule has 0 aromatic heterocycles. The smallest absolute Gasteiger partial charge is 0.348 e. The maximum Gasteiger partial charge on any atom is 0.348 e. The van der Waals surface area contributed by atoms with Crippen molar-refractivity contribution >= 4 is 17.7 Å². The van der Waals surface area contributed by atoms with Crippen LogP contribution in [0.15, 0.2) is 23.3 Å². The summed E-state index contributed by atoms with van der Waals surface area (Å²) in [6.07, 6.45) is -1.64. The maximum absolute atomic E-state index is 13.2. The van der Waals surface area contributed by atoms with Crippen LogP contribution >= 0.6 is 0 Å². The predicted octanol–water partition coefficient (Wildman–Crippen LogP) is 0.654. The molecule has 0 aromatic carbocycles. The van der Waals surface area contributed by atoms with Gasteiger partial charge in [-0.2, -0.15) is 0 Å². The van der Waals surface area contributed by atoms with Gasteiger partial charge in [-0.05, 0) is 45.1 Å². The van der Waals surface area contributed by atoms with Gasteiger partial charge >= 0.3 is 11.9 Å². The van der Waals surface area contributed by atoms with Gasteiger partial charge in [0.05, 0.1) is 6.61 Å². The number of ether oxygens (including phenoxy) is 3. The van der Waals surface area contributed by atoms with Gasteiger partial charge in [0, 0.05) is 28.2 Å². The van der Waals surface area contributed by atoms with Gasteiger partial charge in [-0.3, -0.25) is 4.79 Å². The summed E-state index contributed by atoms with van der Waals surface area (Å²) in [5.41, 5.74) is -1.24. The molecule has 34 heavy (non-hydrogen) atoms. The number of allylic oxidation sites excluding steroid dienone is 2. The van der Waals surface area contributed by atoms with Gasteiger partial charge in [-0.1, -0.05) is 25.5 Å². The lowest BCUT2D eigenvalue weighted by Gasteiger charge is -2.68. The van der Waals surface area contributed by atoms with E-state index in [2.05, 4.69) is 0 Å². The third-order valence-electron chi connectivity index (χ3n) is 9.62. The molecule has 2 saturated heterocycles. The van der Waals surface area contributed by atoms with Gasteiger partial charge < -0.3 is 29.5 Å². The van der Waals surface area contributed by atoms with Crippen molar-refractivity contribution < 1.29 is 43.9 Å². The molecular weight excluding hydrogens is 444 g/mol. The molecule has 3 N–H and O–H groups in total. The number of esters is 2. The molecule has 2 bridgehead atoms. The van der Waals surface area contributed by atoms with Crippen molar-refractivity contribution in [2.45, 2.75) is 71.2 Å². The summed E-state index contributed by atoms with van der Waals surface area (Å²) in [4.78, 5) is 38.6. The first-order valence-corrected chi connectivity index (χ1v) is 11.8. The third kappa shape index (κ3) is 2.56. The monoisotopic (exact) mass is 476 g/mol. The molecule has 186 valence electrons. The Morgan fingerprint density at radius 1 is 1.29 bits per heavy atom. The molecule has 2 saturated carbocycles. The molecule has 1 spiro atoms. The van der Waals surface area contributed by atoms with Gasteiger partial charge in [0.25, 0.3) is 0 Å². The summed E-state index contributed by atoms with van der Waals surface area (Å²) in [7, 11) is 0. The quantitative estimate of drug-likeness (QED) is 0.387. The van der Waals surface area contributed by atoms with Crippen LogP contribution in [-0.4, -0.2) is 69.9 Å². The Kier molecular flexibility index (Phi) is 5.03. The summed E-state index contributed by atoms with van der Waals surface area (Å²) in [5.74, 6) is -6.72. The molecular formula is C25H32O9. The normalized spacial score (nSPS) is 51.8. The van der Waals surface area contributed by atoms with Gasteiger partial charge in [0.2, 0.25) is 6.10 Å². The topological polar surface area (TPSA) is 140 Å². The maximum atomic E-state index is 13.2. The van der Waals surface area contributed by atoms with Crippen molar-refractivity contribution in [1.82, 2.24) is 0 Å². The molecule has 9 nitrogen and oxygen atoms in total. The zero-order valence-electron chi connectivity index (χ0n) is 20.0. The van der Waals surface area contributed by atoms with Crippen molar-refractivity contribution in [3.63, 3.8) is 0 Å². The van der Waals surface area contributed by atoms with E-state index in [0.29, 0.717) is 17.6 Å². The zero-order valence-corrected chi connectivity index (χ0v) is 20.0. The minimum atomic E-state index is -2.07. The van der Waals surface area contributed by atoms with Crippen LogP contribution in [-0.2, 0) is 28.6 Å². The Morgan fingerprint density at radius 3 is 2.62 bits per heavy atom. The number of hydrogen-bond acceptors (Lipinski definition) is 9. The van der Waals surface area contributed by atoms with E-state index < -0.39 is 82.4 Å². The van der Waals surface area contributed by atoms with E-state index in [9.17, 15) is 29.7 Å². The number of carbonyl (C=O) groups excluding carboxylic acids is 3. The Morgan fingerprint density at radius 2 is 1.97 bits per heavy atom. The van der Waals surface area contributed by atoms with Crippen molar-refractivity contribution in [1.29, 1.82) is 0 Å². The average molecular weight is 477 g/mol. The van der Waals surface area contributed by atoms with Gasteiger partial charge in [-0.25, -0.2) is 9.59 Å². The first-order chi connectivity index (χ1) is 15.8. The second kappa shape index (κ2) is 7.22. The van der Waals surface area contributed by atoms with E-state index in [-0.39, 0.29) is 6.61 Å². The van der Waals surface area contributed by atoms with Crippen LogP contribution in [0.3, 0.4) is 0 Å². The SMILES string of the molecule is C/C=C(\C)C(=O)OC1C(=O)OC2CC3C(C)=CC(=O)C(O)C3(C)C3C4(O)OCC23C1C(C)C4O. The van der Waals surface area contributed by atoms with Crippen LogP contribution in [0.5, 0.6) is 0 Å². The summed E-state index contributed by atoms with van der Waals surface area (Å²) in [5, 5.41) is 34.3. The molecule has 0 aromatic rings. The minimum Gasteiger partial charge on any atom is -0.459 e. The lowest BCUT2D eigenvalue weighted by atomic mass is 9.38. The fourth-order valence-electron chi connectivity index (χ4n) is 8.06. The molecule has 4 fully saturated rings. The highest BCUT2D eigenvalue weighted by Gasteiger charge is 2.83. The molecule has 0 amide bonds. The highest BCUT2D eigenvalue weighted by atomic mass is 16.7. The molecule has 3 aliphatic carbocycles. The van der Waals surface area contributed by atoms with Crippen LogP contribution < -0.4 is 0 Å². The van der Waals surface area contributed by atoms with Crippen molar-refractivity contribution in [2.24, 2.45) is 34.5 Å². The summed E-state index contributed by atoms with van der Waals surface area (Å²) in [6, 6.07) is 0. The number of carbonyl (C=O) groups is 3. The van der Waals surface area contributed by atoms with Crippen LogP contribution in [0.4, 0.5) is 0 Å².